The van der Waals surface area contributed by atoms with Crippen molar-refractivity contribution in [2.24, 2.45) is 5.73 Å². The number of carbonyl (C=O) groups excluding carboxylic acids is 2. The molecule has 43 heavy (non-hydrogen) atoms. The van der Waals surface area contributed by atoms with E-state index in [2.05, 4.69) is 64.5 Å². The smallest absolute Gasteiger partial charge is 0.239 e. The zero-order valence-electron chi connectivity index (χ0n) is 26.0. The molecule has 7 nitrogen and oxygen atoms in total. The first-order chi connectivity index (χ1) is 21.2. The van der Waals surface area contributed by atoms with Crippen LogP contribution in [0.4, 0.5) is 0 Å². The maximum atomic E-state index is 13.5. The van der Waals surface area contributed by atoms with E-state index in [0.29, 0.717) is 26.2 Å². The summed E-state index contributed by atoms with van der Waals surface area (Å²) in [5.41, 5.74) is 11.1. The molecule has 2 amide bonds. The molecule has 0 bridgehead atoms. The minimum absolute atomic E-state index is 0.0777. The first-order valence-corrected chi connectivity index (χ1v) is 16.0. The molecule has 2 unspecified atom stereocenters. The molecule has 5 N–H and O–H groups in total. The standard InChI is InChI=1S/C25H34N4O2.C9H11N.C2H6/c26-15-8-7-13-24-25(31)29(16-14-22(28-24)17-27-19-30)18-23(20-9-3-1-4-10-20)21-11-5-2-6-12-21;1-2-4-9-7-10-6-5-8(9)3-1;1-2/h1-6,9-12,19,22-24,28H,7-8,13-18,26H2,(H,27,30);1-4,10H,5-7H2;1-2H3. The quantitative estimate of drug-likeness (QED) is 0.195. The molecule has 0 spiro atoms. The van der Waals surface area contributed by atoms with E-state index in [1.165, 1.54) is 28.7 Å². The number of carbonyl (C=O) groups is 2. The highest BCUT2D eigenvalue weighted by Crippen LogP contribution is 2.27. The highest BCUT2D eigenvalue weighted by molar-refractivity contribution is 5.82. The van der Waals surface area contributed by atoms with Gasteiger partial charge in [-0.2, -0.15) is 0 Å². The van der Waals surface area contributed by atoms with Crippen molar-refractivity contribution in [2.75, 3.05) is 32.7 Å². The minimum atomic E-state index is -0.250. The summed E-state index contributed by atoms with van der Waals surface area (Å²) >= 11 is 0. The predicted octanol–water partition coefficient (Wildman–Crippen LogP) is 4.61. The normalized spacial score (nSPS) is 17.9. The van der Waals surface area contributed by atoms with E-state index >= 15 is 0 Å². The molecule has 5 rings (SSSR count). The Morgan fingerprint density at radius 2 is 1.56 bits per heavy atom. The predicted molar refractivity (Wildman–Crippen MR) is 177 cm³/mol. The Morgan fingerprint density at radius 3 is 2.16 bits per heavy atom. The zero-order valence-corrected chi connectivity index (χ0v) is 26.0. The lowest BCUT2D eigenvalue weighted by Crippen LogP contribution is -2.48. The zero-order chi connectivity index (χ0) is 30.7. The summed E-state index contributed by atoms with van der Waals surface area (Å²) < 4.78 is 0. The largest absolute Gasteiger partial charge is 0.357 e. The summed E-state index contributed by atoms with van der Waals surface area (Å²) in [4.78, 5) is 26.3. The lowest BCUT2D eigenvalue weighted by molar-refractivity contribution is -0.133. The van der Waals surface area contributed by atoms with Gasteiger partial charge in [0.15, 0.2) is 0 Å². The lowest BCUT2D eigenvalue weighted by atomic mass is 9.90. The average Bonchev–Trinajstić information content (AvgIpc) is 3.22. The van der Waals surface area contributed by atoms with Crippen LogP contribution in [0, 0.1) is 0 Å². The van der Waals surface area contributed by atoms with Crippen molar-refractivity contribution in [3.8, 4) is 0 Å². The van der Waals surface area contributed by atoms with Crippen LogP contribution in [0.15, 0.2) is 84.9 Å². The first kappa shape index (κ1) is 34.0. The molecule has 2 atom stereocenters. The molecule has 0 radical (unpaired) electrons. The molecule has 0 saturated carbocycles. The average molecular weight is 586 g/mol. The van der Waals surface area contributed by atoms with E-state index in [4.69, 9.17) is 5.73 Å². The van der Waals surface area contributed by atoms with Crippen molar-refractivity contribution in [1.29, 1.82) is 0 Å². The Kier molecular flexibility index (Phi) is 15.5. The summed E-state index contributed by atoms with van der Waals surface area (Å²) in [6.45, 7) is 8.65. The van der Waals surface area contributed by atoms with E-state index < -0.39 is 0 Å². The van der Waals surface area contributed by atoms with Crippen molar-refractivity contribution < 1.29 is 9.59 Å². The summed E-state index contributed by atoms with van der Waals surface area (Å²) in [5.74, 6) is 0.253. The van der Waals surface area contributed by atoms with Gasteiger partial charge in [0, 0.05) is 38.1 Å². The summed E-state index contributed by atoms with van der Waals surface area (Å²) in [6.07, 6.45) is 5.27. The fourth-order valence-electron chi connectivity index (χ4n) is 5.73. The van der Waals surface area contributed by atoms with Gasteiger partial charge in [0.05, 0.1) is 6.04 Å². The molecule has 7 heteroatoms. The van der Waals surface area contributed by atoms with Crippen LogP contribution >= 0.6 is 0 Å². The van der Waals surface area contributed by atoms with Gasteiger partial charge in [-0.25, -0.2) is 0 Å². The fraction of sp³-hybridized carbons (Fsp3) is 0.444. The lowest BCUT2D eigenvalue weighted by Gasteiger charge is -2.29. The van der Waals surface area contributed by atoms with Gasteiger partial charge in [0.2, 0.25) is 12.3 Å². The molecule has 0 aromatic heterocycles. The fourth-order valence-corrected chi connectivity index (χ4v) is 5.73. The third kappa shape index (κ3) is 10.9. The van der Waals surface area contributed by atoms with Crippen LogP contribution in [-0.4, -0.2) is 62.0 Å². The monoisotopic (exact) mass is 585 g/mol. The Morgan fingerprint density at radius 1 is 0.930 bits per heavy atom. The first-order valence-electron chi connectivity index (χ1n) is 16.0. The van der Waals surface area contributed by atoms with Crippen molar-refractivity contribution in [2.45, 2.75) is 70.5 Å². The second-order valence-corrected chi connectivity index (χ2v) is 10.9. The topological polar surface area (TPSA) is 99.5 Å². The number of nitrogens with two attached hydrogens (primary N) is 1. The van der Waals surface area contributed by atoms with Crippen molar-refractivity contribution in [1.82, 2.24) is 20.9 Å². The molecule has 3 aromatic rings. The van der Waals surface area contributed by atoms with Gasteiger partial charge < -0.3 is 26.6 Å². The number of hydrogen-bond donors (Lipinski definition) is 4. The molecule has 2 heterocycles. The summed E-state index contributed by atoms with van der Waals surface area (Å²) in [6, 6.07) is 29.2. The molecular formula is C36H51N5O2. The van der Waals surface area contributed by atoms with Gasteiger partial charge >= 0.3 is 0 Å². The number of unbranched alkanes of at least 4 members (excludes halogenated alkanes) is 1. The van der Waals surface area contributed by atoms with E-state index in [1.54, 1.807) is 0 Å². The van der Waals surface area contributed by atoms with Crippen LogP contribution in [0.25, 0.3) is 0 Å². The maximum Gasteiger partial charge on any atom is 0.239 e. The van der Waals surface area contributed by atoms with Gasteiger partial charge in [-0.15, -0.1) is 0 Å². The van der Waals surface area contributed by atoms with Gasteiger partial charge in [-0.3, -0.25) is 9.59 Å². The van der Waals surface area contributed by atoms with Gasteiger partial charge in [0.25, 0.3) is 0 Å². The Labute approximate surface area is 258 Å². The van der Waals surface area contributed by atoms with Crippen LogP contribution < -0.4 is 21.7 Å². The number of nitrogens with one attached hydrogen (secondary N) is 3. The van der Waals surface area contributed by atoms with Gasteiger partial charge in [0.1, 0.15) is 0 Å². The van der Waals surface area contributed by atoms with Crippen LogP contribution in [-0.2, 0) is 22.6 Å². The highest BCUT2D eigenvalue weighted by atomic mass is 16.2. The number of benzene rings is 3. The molecule has 0 aliphatic carbocycles. The summed E-state index contributed by atoms with van der Waals surface area (Å²) in [7, 11) is 0. The van der Waals surface area contributed by atoms with Crippen LogP contribution in [0.2, 0.25) is 0 Å². The minimum Gasteiger partial charge on any atom is -0.357 e. The number of rotatable bonds is 11. The molecule has 2 aliphatic heterocycles. The Hall–Kier alpha value is -3.52. The van der Waals surface area contributed by atoms with E-state index in [-0.39, 0.29) is 23.9 Å². The van der Waals surface area contributed by atoms with Gasteiger partial charge in [-0.05, 0) is 61.0 Å². The third-order valence-corrected chi connectivity index (χ3v) is 8.00. The molecule has 232 valence electrons. The Bertz CT molecular complexity index is 1130. The SMILES string of the molecule is CC.NCCCCC1NC(CNC=O)CCN(CC(c2ccccc2)c2ccccc2)C1=O.c1ccc2c(c1)CCNC2. The molecule has 1 saturated heterocycles. The maximum absolute atomic E-state index is 13.5. The van der Waals surface area contributed by atoms with Crippen molar-refractivity contribution >= 4 is 12.3 Å². The van der Waals surface area contributed by atoms with Crippen LogP contribution in [0.3, 0.4) is 0 Å². The van der Waals surface area contributed by atoms with E-state index in [1.807, 2.05) is 55.1 Å². The molecule has 2 aliphatic rings. The number of nitrogens with zero attached hydrogens (tertiary/aromatic N) is 1. The molecule has 1 fully saturated rings. The van der Waals surface area contributed by atoms with E-state index in [9.17, 15) is 9.59 Å². The van der Waals surface area contributed by atoms with Crippen LogP contribution in [0.1, 0.15) is 67.7 Å². The Balaban J connectivity index is 0.000000350. The number of fused-ring (bicyclic) bond motifs is 1. The molecule has 3 aromatic carbocycles. The number of amides is 2. The second-order valence-electron chi connectivity index (χ2n) is 10.9. The molecular weight excluding hydrogens is 534 g/mol. The third-order valence-electron chi connectivity index (χ3n) is 8.00. The van der Waals surface area contributed by atoms with Crippen molar-refractivity contribution in [3.63, 3.8) is 0 Å². The summed E-state index contributed by atoms with van der Waals surface area (Å²) in [5, 5.41) is 9.59. The highest BCUT2D eigenvalue weighted by Gasteiger charge is 2.32. The van der Waals surface area contributed by atoms with Gasteiger partial charge in [-0.1, -0.05) is 105 Å². The number of hydrogen-bond acceptors (Lipinski definition) is 5. The van der Waals surface area contributed by atoms with Crippen molar-refractivity contribution in [3.05, 3.63) is 107 Å². The second kappa shape index (κ2) is 19.6. The van der Waals surface area contributed by atoms with Crippen LogP contribution in [0.5, 0.6) is 0 Å². The van der Waals surface area contributed by atoms with E-state index in [0.717, 1.165) is 45.2 Å².